The molecule has 0 radical (unpaired) electrons. The van der Waals surface area contributed by atoms with Crippen LogP contribution in [0.3, 0.4) is 0 Å². The Labute approximate surface area is 139 Å². The van der Waals surface area contributed by atoms with Crippen LogP contribution in [0.5, 0.6) is 0 Å². The van der Waals surface area contributed by atoms with Crippen molar-refractivity contribution < 1.29 is 14.4 Å². The lowest BCUT2D eigenvalue weighted by Crippen LogP contribution is -2.12. The average Bonchev–Trinajstić information content (AvgIpc) is 2.54. The number of nitro benzene ring substituents is 1. The molecule has 0 atom stereocenters. The zero-order chi connectivity index (χ0) is 17.7. The van der Waals surface area contributed by atoms with Crippen molar-refractivity contribution in [3.63, 3.8) is 0 Å². The van der Waals surface area contributed by atoms with E-state index in [0.717, 1.165) is 0 Å². The minimum atomic E-state index is -0.496. The van der Waals surface area contributed by atoms with Gasteiger partial charge in [-0.2, -0.15) is 0 Å². The van der Waals surface area contributed by atoms with Gasteiger partial charge in [-0.25, -0.2) is 4.39 Å². The normalized spacial score (nSPS) is 10.9. The molecule has 0 aliphatic carbocycles. The monoisotopic (exact) mass is 333 g/mol. The number of nitro groups is 1. The second kappa shape index (κ2) is 7.85. The van der Waals surface area contributed by atoms with E-state index in [0.29, 0.717) is 28.9 Å². The summed E-state index contributed by atoms with van der Waals surface area (Å²) in [4.78, 5) is 12.5. The molecule has 2 N–H and O–H groups in total. The van der Waals surface area contributed by atoms with Gasteiger partial charge in [-0.15, -0.1) is 0 Å². The fourth-order valence-corrected chi connectivity index (χ4v) is 2.35. The van der Waals surface area contributed by atoms with E-state index in [-0.39, 0.29) is 24.7 Å². The second-order valence-corrected chi connectivity index (χ2v) is 5.78. The van der Waals surface area contributed by atoms with Gasteiger partial charge in [-0.05, 0) is 43.4 Å². The van der Waals surface area contributed by atoms with Crippen LogP contribution in [0.4, 0.5) is 15.8 Å². The fraction of sp³-hybridized carbons (Fsp3) is 0.294. The molecule has 6 nitrogen and oxygen atoms in total. The van der Waals surface area contributed by atoms with Crippen molar-refractivity contribution >= 4 is 11.4 Å². The number of nitrogens with one attached hydrogen (secondary N) is 1. The standard InChI is InChI=1S/C17H20FN3O3/c1-20(2)10-14-5-3-12(7-15(14)18)9-19-16-8-13(11-22)4-6-17(16)21(23)24/h3-8,19,22H,9-11H2,1-2H3. The number of aliphatic hydroxyl groups excluding tert-OH is 1. The summed E-state index contributed by atoms with van der Waals surface area (Å²) in [6.07, 6.45) is 0. The Morgan fingerprint density at radius 2 is 1.92 bits per heavy atom. The number of aliphatic hydroxyl groups is 1. The average molecular weight is 333 g/mol. The molecule has 0 aliphatic rings. The van der Waals surface area contributed by atoms with E-state index in [1.165, 1.54) is 24.3 Å². The van der Waals surface area contributed by atoms with Crippen LogP contribution < -0.4 is 5.32 Å². The molecule has 2 rings (SSSR count). The number of hydrogen-bond donors (Lipinski definition) is 2. The van der Waals surface area contributed by atoms with Crippen LogP contribution in [-0.4, -0.2) is 29.0 Å². The van der Waals surface area contributed by atoms with Crippen molar-refractivity contribution in [2.45, 2.75) is 19.7 Å². The van der Waals surface area contributed by atoms with Crippen LogP contribution in [0.1, 0.15) is 16.7 Å². The van der Waals surface area contributed by atoms with Crippen LogP contribution in [-0.2, 0) is 19.7 Å². The molecule has 0 bridgehead atoms. The van der Waals surface area contributed by atoms with E-state index in [9.17, 15) is 14.5 Å². The van der Waals surface area contributed by atoms with Crippen LogP contribution in [0, 0.1) is 15.9 Å². The zero-order valence-corrected chi connectivity index (χ0v) is 13.6. The highest BCUT2D eigenvalue weighted by molar-refractivity contribution is 5.62. The maximum Gasteiger partial charge on any atom is 0.292 e. The highest BCUT2D eigenvalue weighted by atomic mass is 19.1. The first kappa shape index (κ1) is 17.8. The number of rotatable bonds is 7. The molecular formula is C17H20FN3O3. The van der Waals surface area contributed by atoms with Gasteiger partial charge in [0.05, 0.1) is 11.5 Å². The second-order valence-electron chi connectivity index (χ2n) is 5.78. The third-order valence-corrected chi connectivity index (χ3v) is 3.53. The van der Waals surface area contributed by atoms with Crippen molar-refractivity contribution in [3.05, 3.63) is 69.0 Å². The Balaban J connectivity index is 2.16. The van der Waals surface area contributed by atoms with Crippen molar-refractivity contribution in [3.8, 4) is 0 Å². The third-order valence-electron chi connectivity index (χ3n) is 3.53. The number of hydrogen-bond acceptors (Lipinski definition) is 5. The van der Waals surface area contributed by atoms with Crippen LogP contribution in [0.25, 0.3) is 0 Å². The van der Waals surface area contributed by atoms with Gasteiger partial charge in [-0.3, -0.25) is 10.1 Å². The molecule has 0 saturated heterocycles. The molecule has 0 fully saturated rings. The minimum absolute atomic E-state index is 0.0862. The number of halogens is 1. The molecule has 0 aromatic heterocycles. The van der Waals surface area contributed by atoms with Crippen LogP contribution in [0.15, 0.2) is 36.4 Å². The summed E-state index contributed by atoms with van der Waals surface area (Å²) in [5.74, 6) is -0.304. The maximum absolute atomic E-state index is 14.1. The summed E-state index contributed by atoms with van der Waals surface area (Å²) in [6.45, 7) is 0.541. The molecule has 2 aromatic carbocycles. The van der Waals surface area contributed by atoms with E-state index >= 15 is 0 Å². The molecule has 0 spiro atoms. The van der Waals surface area contributed by atoms with Gasteiger partial charge in [0, 0.05) is 24.7 Å². The first-order valence-electron chi connectivity index (χ1n) is 7.44. The highest BCUT2D eigenvalue weighted by Gasteiger charge is 2.14. The van der Waals surface area contributed by atoms with E-state index in [4.69, 9.17) is 5.11 Å². The van der Waals surface area contributed by atoms with Crippen molar-refractivity contribution in [1.82, 2.24) is 4.90 Å². The summed E-state index contributed by atoms with van der Waals surface area (Å²) in [5.41, 5.74) is 2.05. The molecule has 0 saturated carbocycles. The van der Waals surface area contributed by atoms with Gasteiger partial charge < -0.3 is 15.3 Å². The lowest BCUT2D eigenvalue weighted by molar-refractivity contribution is -0.384. The molecule has 0 amide bonds. The Morgan fingerprint density at radius 1 is 1.21 bits per heavy atom. The van der Waals surface area contributed by atoms with Crippen molar-refractivity contribution in [1.29, 1.82) is 0 Å². The molecule has 24 heavy (non-hydrogen) atoms. The van der Waals surface area contributed by atoms with E-state index in [2.05, 4.69) is 5.32 Å². The predicted molar refractivity (Wildman–Crippen MR) is 90.1 cm³/mol. The predicted octanol–water partition coefficient (Wildman–Crippen LogP) is 2.90. The van der Waals surface area contributed by atoms with Crippen molar-refractivity contribution in [2.24, 2.45) is 0 Å². The molecule has 0 heterocycles. The molecule has 128 valence electrons. The number of benzene rings is 2. The van der Waals surface area contributed by atoms with Crippen LogP contribution in [0.2, 0.25) is 0 Å². The molecular weight excluding hydrogens is 313 g/mol. The molecule has 0 unspecified atom stereocenters. The Morgan fingerprint density at radius 3 is 2.50 bits per heavy atom. The Hall–Kier alpha value is -2.51. The topological polar surface area (TPSA) is 78.6 Å². The van der Waals surface area contributed by atoms with E-state index in [1.807, 2.05) is 19.0 Å². The van der Waals surface area contributed by atoms with E-state index in [1.54, 1.807) is 12.1 Å². The number of anilines is 1. The highest BCUT2D eigenvalue weighted by Crippen LogP contribution is 2.26. The lowest BCUT2D eigenvalue weighted by atomic mass is 10.1. The number of nitrogens with zero attached hydrogens (tertiary/aromatic N) is 2. The summed E-state index contributed by atoms with van der Waals surface area (Å²) in [5, 5.41) is 23.2. The quantitative estimate of drug-likeness (QED) is 0.602. The van der Waals surface area contributed by atoms with Gasteiger partial charge >= 0.3 is 0 Å². The van der Waals surface area contributed by atoms with E-state index < -0.39 is 4.92 Å². The summed E-state index contributed by atoms with van der Waals surface area (Å²) >= 11 is 0. The first-order chi connectivity index (χ1) is 11.4. The Kier molecular flexibility index (Phi) is 5.83. The first-order valence-corrected chi connectivity index (χ1v) is 7.44. The van der Waals surface area contributed by atoms with Crippen LogP contribution >= 0.6 is 0 Å². The maximum atomic E-state index is 14.1. The Bertz CT molecular complexity index is 735. The van der Waals surface area contributed by atoms with Gasteiger partial charge in [0.25, 0.3) is 5.69 Å². The van der Waals surface area contributed by atoms with Gasteiger partial charge in [0.2, 0.25) is 0 Å². The molecule has 7 heteroatoms. The largest absolute Gasteiger partial charge is 0.392 e. The van der Waals surface area contributed by atoms with Gasteiger partial charge in [-0.1, -0.05) is 12.1 Å². The molecule has 2 aromatic rings. The fourth-order valence-electron chi connectivity index (χ4n) is 2.35. The lowest BCUT2D eigenvalue weighted by Gasteiger charge is -2.12. The summed E-state index contributed by atoms with van der Waals surface area (Å²) in [7, 11) is 3.73. The van der Waals surface area contributed by atoms with Gasteiger partial charge in [0.1, 0.15) is 11.5 Å². The van der Waals surface area contributed by atoms with Crippen molar-refractivity contribution in [2.75, 3.05) is 19.4 Å². The summed E-state index contributed by atoms with van der Waals surface area (Å²) in [6, 6.07) is 9.29. The SMILES string of the molecule is CN(C)Cc1ccc(CNc2cc(CO)ccc2[N+](=O)[O-])cc1F. The van der Waals surface area contributed by atoms with Gasteiger partial charge in [0.15, 0.2) is 0 Å². The summed E-state index contributed by atoms with van der Waals surface area (Å²) < 4.78 is 14.1. The third kappa shape index (κ3) is 4.50. The zero-order valence-electron chi connectivity index (χ0n) is 13.6. The smallest absolute Gasteiger partial charge is 0.292 e. The molecule has 0 aliphatic heterocycles. The minimum Gasteiger partial charge on any atom is -0.392 e.